The van der Waals surface area contributed by atoms with E-state index >= 15 is 0 Å². The predicted octanol–water partition coefficient (Wildman–Crippen LogP) is 1.29. The molecule has 0 aromatic heterocycles. The van der Waals surface area contributed by atoms with E-state index in [-0.39, 0.29) is 16.6 Å². The Kier molecular flexibility index (Phi) is 5.80. The maximum absolute atomic E-state index is 11.4. The zero-order valence-electron chi connectivity index (χ0n) is 9.67. The number of likely N-dealkylation sites (tertiary alicyclic amines) is 1. The minimum Gasteiger partial charge on any atom is -0.355 e. The summed E-state index contributed by atoms with van der Waals surface area (Å²) in [4.78, 5) is 24.5. The lowest BCUT2D eigenvalue weighted by Crippen LogP contribution is -2.34. The molecule has 1 atom stereocenters. The van der Waals surface area contributed by atoms with Gasteiger partial charge >= 0.3 is 0 Å². The molecule has 1 N–H and O–H groups in total. The van der Waals surface area contributed by atoms with E-state index in [1.807, 2.05) is 11.8 Å². The fourth-order valence-electron chi connectivity index (χ4n) is 1.72. The lowest BCUT2D eigenvalue weighted by atomic mass is 10.3. The molecule has 92 valence electrons. The van der Waals surface area contributed by atoms with E-state index in [0.29, 0.717) is 13.0 Å². The van der Waals surface area contributed by atoms with Gasteiger partial charge in [0.25, 0.3) is 0 Å². The number of hydrogen-bond acceptors (Lipinski definition) is 2. The van der Waals surface area contributed by atoms with Gasteiger partial charge in [-0.05, 0) is 19.3 Å². The number of amides is 2. The number of nitrogens with zero attached hydrogens (tertiary/aromatic N) is 1. The zero-order chi connectivity index (χ0) is 12.0. The number of halogens is 1. The molecule has 1 aliphatic heterocycles. The van der Waals surface area contributed by atoms with Gasteiger partial charge in [0, 0.05) is 26.1 Å². The number of rotatable bonds is 6. The molecule has 1 aliphatic rings. The number of hydrogen-bond donors (Lipinski definition) is 1. The summed E-state index contributed by atoms with van der Waals surface area (Å²) >= 11 is 3.29. The fraction of sp³-hybridized carbons (Fsp3) is 0.818. The highest BCUT2D eigenvalue weighted by Gasteiger charge is 2.19. The molecule has 1 fully saturated rings. The van der Waals surface area contributed by atoms with Crippen LogP contribution in [-0.4, -0.2) is 41.2 Å². The third-order valence-corrected chi connectivity index (χ3v) is 3.78. The Hall–Kier alpha value is -0.580. The molecule has 0 bridgehead atoms. The number of carbonyl (C=O) groups is 2. The van der Waals surface area contributed by atoms with Gasteiger partial charge in [-0.1, -0.05) is 22.9 Å². The van der Waals surface area contributed by atoms with Crippen molar-refractivity contribution in [2.75, 3.05) is 19.6 Å². The van der Waals surface area contributed by atoms with Crippen LogP contribution < -0.4 is 5.32 Å². The highest BCUT2D eigenvalue weighted by molar-refractivity contribution is 9.10. The van der Waals surface area contributed by atoms with Crippen molar-refractivity contribution in [3.8, 4) is 0 Å². The largest absolute Gasteiger partial charge is 0.355 e. The first kappa shape index (κ1) is 13.5. The minimum atomic E-state index is -0.0964. The van der Waals surface area contributed by atoms with E-state index in [1.165, 1.54) is 0 Å². The van der Waals surface area contributed by atoms with Gasteiger partial charge in [-0.15, -0.1) is 0 Å². The average molecular weight is 291 g/mol. The van der Waals surface area contributed by atoms with Crippen molar-refractivity contribution >= 4 is 27.7 Å². The standard InChI is InChI=1S/C11H19BrN2O2/c1-2-9(12)11(16)13-6-4-8-14-7-3-5-10(14)15/h9H,2-8H2,1H3,(H,13,16). The molecule has 4 nitrogen and oxygen atoms in total. The van der Waals surface area contributed by atoms with Gasteiger partial charge < -0.3 is 10.2 Å². The highest BCUT2D eigenvalue weighted by Crippen LogP contribution is 2.09. The molecule has 0 aromatic rings. The first-order valence-electron chi connectivity index (χ1n) is 5.84. The molecule has 0 aliphatic carbocycles. The number of carbonyl (C=O) groups excluding carboxylic acids is 2. The van der Waals surface area contributed by atoms with Gasteiger partial charge in [0.2, 0.25) is 11.8 Å². The SMILES string of the molecule is CCC(Br)C(=O)NCCCN1CCCC1=O. The van der Waals surface area contributed by atoms with Gasteiger partial charge in [-0.2, -0.15) is 0 Å². The minimum absolute atomic E-state index is 0.0373. The Morgan fingerprint density at radius 3 is 2.94 bits per heavy atom. The van der Waals surface area contributed by atoms with E-state index < -0.39 is 0 Å². The van der Waals surface area contributed by atoms with Gasteiger partial charge in [-0.3, -0.25) is 9.59 Å². The maximum Gasteiger partial charge on any atom is 0.233 e. The summed E-state index contributed by atoms with van der Waals surface area (Å²) in [6.07, 6.45) is 3.29. The smallest absolute Gasteiger partial charge is 0.233 e. The normalized spacial score (nSPS) is 17.6. The number of nitrogens with one attached hydrogen (secondary N) is 1. The van der Waals surface area contributed by atoms with E-state index in [0.717, 1.165) is 32.4 Å². The maximum atomic E-state index is 11.4. The van der Waals surface area contributed by atoms with Crippen LogP contribution in [-0.2, 0) is 9.59 Å². The van der Waals surface area contributed by atoms with Crippen LogP contribution in [0.4, 0.5) is 0 Å². The van der Waals surface area contributed by atoms with E-state index in [1.54, 1.807) is 0 Å². The molecule has 16 heavy (non-hydrogen) atoms. The third-order valence-electron chi connectivity index (χ3n) is 2.72. The van der Waals surface area contributed by atoms with Gasteiger partial charge in [0.1, 0.15) is 0 Å². The predicted molar refractivity (Wildman–Crippen MR) is 66.4 cm³/mol. The van der Waals surface area contributed by atoms with Crippen molar-refractivity contribution in [3.05, 3.63) is 0 Å². The highest BCUT2D eigenvalue weighted by atomic mass is 79.9. The Morgan fingerprint density at radius 1 is 1.62 bits per heavy atom. The Bertz CT molecular complexity index is 258. The van der Waals surface area contributed by atoms with Crippen molar-refractivity contribution in [2.24, 2.45) is 0 Å². The molecular formula is C11H19BrN2O2. The first-order chi connectivity index (χ1) is 7.65. The summed E-state index contributed by atoms with van der Waals surface area (Å²) < 4.78 is 0. The first-order valence-corrected chi connectivity index (χ1v) is 6.76. The average Bonchev–Trinajstić information content (AvgIpc) is 2.69. The molecule has 0 radical (unpaired) electrons. The Balaban J connectivity index is 2.07. The van der Waals surface area contributed by atoms with Crippen LogP contribution in [0.3, 0.4) is 0 Å². The quantitative estimate of drug-likeness (QED) is 0.592. The van der Waals surface area contributed by atoms with E-state index in [2.05, 4.69) is 21.2 Å². The summed E-state index contributed by atoms with van der Waals surface area (Å²) in [5.41, 5.74) is 0. The summed E-state index contributed by atoms with van der Waals surface area (Å²) in [5, 5.41) is 2.85. The van der Waals surface area contributed by atoms with E-state index in [9.17, 15) is 9.59 Å². The summed E-state index contributed by atoms with van der Waals surface area (Å²) in [5.74, 6) is 0.286. The Labute approximate surface area is 105 Å². The molecule has 1 rings (SSSR count). The molecule has 0 saturated carbocycles. The van der Waals surface area contributed by atoms with Crippen LogP contribution >= 0.6 is 15.9 Å². The van der Waals surface area contributed by atoms with Crippen molar-refractivity contribution < 1.29 is 9.59 Å². The van der Waals surface area contributed by atoms with E-state index in [4.69, 9.17) is 0 Å². The molecule has 0 aromatic carbocycles. The lowest BCUT2D eigenvalue weighted by molar-refractivity contribution is -0.127. The molecular weight excluding hydrogens is 272 g/mol. The monoisotopic (exact) mass is 290 g/mol. The summed E-state index contributed by atoms with van der Waals surface area (Å²) in [7, 11) is 0. The second kappa shape index (κ2) is 6.89. The van der Waals surface area contributed by atoms with Crippen LogP contribution in [0.2, 0.25) is 0 Å². The van der Waals surface area contributed by atoms with Gasteiger partial charge in [-0.25, -0.2) is 0 Å². The molecule has 5 heteroatoms. The molecule has 0 spiro atoms. The summed E-state index contributed by atoms with van der Waals surface area (Å²) in [6.45, 7) is 4.24. The van der Waals surface area contributed by atoms with Crippen molar-refractivity contribution in [1.82, 2.24) is 10.2 Å². The third kappa shape index (κ3) is 4.12. The second-order valence-electron chi connectivity index (χ2n) is 4.00. The van der Waals surface area contributed by atoms with Crippen molar-refractivity contribution in [1.29, 1.82) is 0 Å². The molecule has 1 saturated heterocycles. The lowest BCUT2D eigenvalue weighted by Gasteiger charge is -2.15. The Morgan fingerprint density at radius 2 is 2.38 bits per heavy atom. The summed E-state index contributed by atoms with van der Waals surface area (Å²) in [6, 6.07) is 0. The van der Waals surface area contributed by atoms with Gasteiger partial charge in [0.05, 0.1) is 4.83 Å². The second-order valence-corrected chi connectivity index (χ2v) is 5.11. The molecule has 1 unspecified atom stereocenters. The van der Waals surface area contributed by atoms with Crippen molar-refractivity contribution in [3.63, 3.8) is 0 Å². The van der Waals surface area contributed by atoms with Crippen LogP contribution in [0.5, 0.6) is 0 Å². The van der Waals surface area contributed by atoms with Crippen molar-refractivity contribution in [2.45, 2.75) is 37.4 Å². The topological polar surface area (TPSA) is 49.4 Å². The molecule has 2 amide bonds. The number of alkyl halides is 1. The zero-order valence-corrected chi connectivity index (χ0v) is 11.3. The van der Waals surface area contributed by atoms with Gasteiger partial charge in [0.15, 0.2) is 0 Å². The van der Waals surface area contributed by atoms with Crippen LogP contribution in [0.1, 0.15) is 32.6 Å². The molecule has 1 heterocycles. The fourth-order valence-corrected chi connectivity index (χ4v) is 1.88. The van der Waals surface area contributed by atoms with Crippen LogP contribution in [0.25, 0.3) is 0 Å². The van der Waals surface area contributed by atoms with Crippen LogP contribution in [0, 0.1) is 0 Å². The van der Waals surface area contributed by atoms with Crippen LogP contribution in [0.15, 0.2) is 0 Å².